The molecule has 3 aromatic rings. The van der Waals surface area contributed by atoms with Crippen LogP contribution in [0, 0.1) is 11.6 Å². The summed E-state index contributed by atoms with van der Waals surface area (Å²) in [6.07, 6.45) is -0.209. The van der Waals surface area contributed by atoms with Crippen LogP contribution in [0.4, 0.5) is 8.78 Å². The summed E-state index contributed by atoms with van der Waals surface area (Å²) in [4.78, 5) is 23.7. The second-order valence-electron chi connectivity index (χ2n) is 6.30. The summed E-state index contributed by atoms with van der Waals surface area (Å²) in [6, 6.07) is 14.9. The van der Waals surface area contributed by atoms with Crippen LogP contribution in [0.2, 0.25) is 0 Å². The summed E-state index contributed by atoms with van der Waals surface area (Å²) in [5, 5.41) is 13.8. The zero-order chi connectivity index (χ0) is 19.4. The average molecular weight is 369 g/mol. The molecule has 0 saturated carbocycles. The molecule has 0 aliphatic rings. The van der Waals surface area contributed by atoms with Crippen molar-refractivity contribution in [1.82, 2.24) is 5.32 Å². The molecule has 0 bridgehead atoms. The molecule has 0 unspecified atom stereocenters. The number of amides is 1. The van der Waals surface area contributed by atoms with Crippen molar-refractivity contribution in [2.24, 2.45) is 0 Å². The second kappa shape index (κ2) is 7.95. The third kappa shape index (κ3) is 4.88. The van der Waals surface area contributed by atoms with E-state index in [1.807, 2.05) is 42.5 Å². The van der Waals surface area contributed by atoms with Crippen LogP contribution in [0.1, 0.15) is 11.1 Å². The van der Waals surface area contributed by atoms with Crippen LogP contribution in [0.3, 0.4) is 0 Å². The highest BCUT2D eigenvalue weighted by molar-refractivity contribution is 5.86. The molecule has 0 aliphatic carbocycles. The maximum Gasteiger partial charge on any atom is 0.326 e. The van der Waals surface area contributed by atoms with Crippen LogP contribution in [0.15, 0.2) is 60.7 Å². The molecular weight excluding hydrogens is 352 g/mol. The maximum absolute atomic E-state index is 13.2. The van der Waals surface area contributed by atoms with Gasteiger partial charge >= 0.3 is 5.97 Å². The maximum atomic E-state index is 13.2. The zero-order valence-electron chi connectivity index (χ0n) is 14.3. The third-order valence-electron chi connectivity index (χ3n) is 4.17. The number of fused-ring (bicyclic) bond motifs is 1. The number of carbonyl (C=O) groups excluding carboxylic acids is 1. The number of nitrogens with one attached hydrogen (secondary N) is 1. The molecule has 0 fully saturated rings. The van der Waals surface area contributed by atoms with E-state index in [2.05, 4.69) is 5.32 Å². The van der Waals surface area contributed by atoms with E-state index in [0.717, 1.165) is 28.5 Å². The van der Waals surface area contributed by atoms with Crippen LogP contribution in [-0.4, -0.2) is 23.0 Å². The molecule has 2 N–H and O–H groups in total. The van der Waals surface area contributed by atoms with E-state index in [1.165, 1.54) is 0 Å². The summed E-state index contributed by atoms with van der Waals surface area (Å²) in [5.41, 5.74) is 0.901. The molecule has 0 heterocycles. The highest BCUT2D eigenvalue weighted by Gasteiger charge is 2.21. The average Bonchev–Trinajstić information content (AvgIpc) is 2.60. The van der Waals surface area contributed by atoms with Gasteiger partial charge in [-0.1, -0.05) is 42.5 Å². The topological polar surface area (TPSA) is 66.4 Å². The van der Waals surface area contributed by atoms with Gasteiger partial charge in [-0.15, -0.1) is 0 Å². The lowest BCUT2D eigenvalue weighted by molar-refractivity contribution is -0.141. The van der Waals surface area contributed by atoms with Gasteiger partial charge < -0.3 is 10.4 Å². The van der Waals surface area contributed by atoms with Gasteiger partial charge in [0.25, 0.3) is 0 Å². The van der Waals surface area contributed by atoms with Crippen LogP contribution in [-0.2, 0) is 22.4 Å². The first-order valence-electron chi connectivity index (χ1n) is 8.35. The van der Waals surface area contributed by atoms with Crippen molar-refractivity contribution >= 4 is 22.6 Å². The van der Waals surface area contributed by atoms with E-state index >= 15 is 0 Å². The predicted octanol–water partition coefficient (Wildman–Crippen LogP) is 3.47. The minimum absolute atomic E-state index is 0.101. The molecule has 0 saturated heterocycles. The van der Waals surface area contributed by atoms with Crippen LogP contribution in [0.5, 0.6) is 0 Å². The normalized spacial score (nSPS) is 11.9. The fraction of sp³-hybridized carbons (Fsp3) is 0.143. The molecule has 0 radical (unpaired) electrons. The number of carboxylic acids is 1. The van der Waals surface area contributed by atoms with Gasteiger partial charge in [0.15, 0.2) is 0 Å². The fourth-order valence-corrected chi connectivity index (χ4v) is 2.95. The van der Waals surface area contributed by atoms with Gasteiger partial charge in [-0.05, 0) is 34.0 Å². The molecule has 3 rings (SSSR count). The van der Waals surface area contributed by atoms with Crippen molar-refractivity contribution in [2.45, 2.75) is 18.9 Å². The first kappa shape index (κ1) is 18.5. The first-order chi connectivity index (χ1) is 12.9. The Morgan fingerprint density at radius 2 is 1.56 bits per heavy atom. The molecule has 27 heavy (non-hydrogen) atoms. The van der Waals surface area contributed by atoms with E-state index in [4.69, 9.17) is 0 Å². The van der Waals surface area contributed by atoms with Crippen LogP contribution < -0.4 is 5.32 Å². The van der Waals surface area contributed by atoms with Crippen molar-refractivity contribution < 1.29 is 23.5 Å². The Bertz CT molecular complexity index is 983. The molecule has 0 aromatic heterocycles. The zero-order valence-corrected chi connectivity index (χ0v) is 14.3. The van der Waals surface area contributed by atoms with Gasteiger partial charge in [-0.25, -0.2) is 13.6 Å². The molecule has 0 spiro atoms. The van der Waals surface area contributed by atoms with Gasteiger partial charge in [-0.2, -0.15) is 0 Å². The summed E-state index contributed by atoms with van der Waals surface area (Å²) in [7, 11) is 0. The highest BCUT2D eigenvalue weighted by Crippen LogP contribution is 2.17. The quantitative estimate of drug-likeness (QED) is 0.699. The highest BCUT2D eigenvalue weighted by atomic mass is 19.1. The number of benzene rings is 3. The lowest BCUT2D eigenvalue weighted by Crippen LogP contribution is -2.43. The molecular formula is C21H17F2NO3. The van der Waals surface area contributed by atoms with Crippen molar-refractivity contribution in [1.29, 1.82) is 0 Å². The molecule has 1 amide bonds. The third-order valence-corrected chi connectivity index (χ3v) is 4.17. The monoisotopic (exact) mass is 369 g/mol. The largest absolute Gasteiger partial charge is 0.480 e. The molecule has 3 aromatic carbocycles. The van der Waals surface area contributed by atoms with Crippen molar-refractivity contribution in [3.63, 3.8) is 0 Å². The molecule has 6 heteroatoms. The molecule has 4 nitrogen and oxygen atoms in total. The molecule has 138 valence electrons. The van der Waals surface area contributed by atoms with Gasteiger partial charge in [0, 0.05) is 12.5 Å². The van der Waals surface area contributed by atoms with Crippen molar-refractivity contribution in [3.8, 4) is 0 Å². The number of hydrogen-bond donors (Lipinski definition) is 2. The Hall–Kier alpha value is -3.28. The Balaban J connectivity index is 1.71. The Morgan fingerprint density at radius 3 is 2.22 bits per heavy atom. The minimum Gasteiger partial charge on any atom is -0.480 e. The van der Waals surface area contributed by atoms with Gasteiger partial charge in [0.2, 0.25) is 5.91 Å². The van der Waals surface area contributed by atoms with E-state index < -0.39 is 29.6 Å². The fourth-order valence-electron chi connectivity index (χ4n) is 2.95. The lowest BCUT2D eigenvalue weighted by Gasteiger charge is -2.15. The first-order valence-corrected chi connectivity index (χ1v) is 8.35. The van der Waals surface area contributed by atoms with Crippen molar-refractivity contribution in [2.75, 3.05) is 0 Å². The smallest absolute Gasteiger partial charge is 0.326 e. The van der Waals surface area contributed by atoms with Gasteiger partial charge in [0.1, 0.15) is 17.7 Å². The SMILES string of the molecule is O=C(Cc1cc(F)cc(F)c1)N[C@H](Cc1ccc2ccccc2c1)C(=O)O. The molecule has 1 atom stereocenters. The van der Waals surface area contributed by atoms with Crippen molar-refractivity contribution in [3.05, 3.63) is 83.4 Å². The van der Waals surface area contributed by atoms with E-state index in [0.29, 0.717) is 6.07 Å². The number of carboxylic acid groups (broad SMARTS) is 1. The number of halogens is 2. The van der Waals surface area contributed by atoms with E-state index in [1.54, 1.807) is 0 Å². The van der Waals surface area contributed by atoms with Gasteiger partial charge in [-0.3, -0.25) is 4.79 Å². The van der Waals surface area contributed by atoms with Crippen LogP contribution in [0.25, 0.3) is 10.8 Å². The number of carbonyl (C=O) groups is 2. The summed E-state index contributed by atoms with van der Waals surface area (Å²) >= 11 is 0. The minimum atomic E-state index is -1.18. The second-order valence-corrected chi connectivity index (χ2v) is 6.30. The van der Waals surface area contributed by atoms with E-state index in [-0.39, 0.29) is 18.4 Å². The summed E-state index contributed by atoms with van der Waals surface area (Å²) in [5.74, 6) is -3.37. The standard InChI is InChI=1S/C21H17F2NO3/c22-17-8-14(9-18(23)12-17)11-20(25)24-19(21(26)27)10-13-5-6-15-3-1-2-4-16(15)7-13/h1-9,12,19H,10-11H2,(H,24,25)(H,26,27)/t19-/m1/s1. The molecule has 0 aliphatic heterocycles. The van der Waals surface area contributed by atoms with Crippen LogP contribution >= 0.6 is 0 Å². The number of rotatable bonds is 6. The van der Waals surface area contributed by atoms with E-state index in [9.17, 15) is 23.5 Å². The Morgan fingerprint density at radius 1 is 0.889 bits per heavy atom. The lowest BCUT2D eigenvalue weighted by atomic mass is 10.0. The number of hydrogen-bond acceptors (Lipinski definition) is 2. The Kier molecular flexibility index (Phi) is 5.45. The summed E-state index contributed by atoms with van der Waals surface area (Å²) in [6.45, 7) is 0. The summed E-state index contributed by atoms with van der Waals surface area (Å²) < 4.78 is 26.4. The predicted molar refractivity (Wildman–Crippen MR) is 97.3 cm³/mol. The number of aliphatic carboxylic acids is 1. The Labute approximate surface area is 154 Å². The van der Waals surface area contributed by atoms with Gasteiger partial charge in [0.05, 0.1) is 6.42 Å².